The molecule has 0 spiro atoms. The van der Waals surface area contributed by atoms with Crippen LogP contribution < -0.4 is 5.43 Å². The maximum atomic E-state index is 13.4. The number of ketones is 1. The Morgan fingerprint density at radius 3 is 2.07 bits per heavy atom. The third-order valence-electron chi connectivity index (χ3n) is 5.33. The SMILES string of the molecule is CC(c1ccccc1)c1c(C(=O)c2ccccc2)c(=O)c2ccccc2n1C. The van der Waals surface area contributed by atoms with Crippen LogP contribution in [0, 0.1) is 0 Å². The molecule has 4 aromatic rings. The summed E-state index contributed by atoms with van der Waals surface area (Å²) in [6.07, 6.45) is 0. The molecule has 1 atom stereocenters. The normalized spacial score (nSPS) is 12.1. The summed E-state index contributed by atoms with van der Waals surface area (Å²) in [6, 6.07) is 26.5. The molecule has 0 bridgehead atoms. The third-order valence-corrected chi connectivity index (χ3v) is 5.33. The Morgan fingerprint density at radius 1 is 0.821 bits per heavy atom. The molecule has 0 saturated heterocycles. The maximum Gasteiger partial charge on any atom is 0.200 e. The molecule has 0 radical (unpaired) electrons. The van der Waals surface area contributed by atoms with Crippen molar-refractivity contribution in [2.24, 2.45) is 7.05 Å². The van der Waals surface area contributed by atoms with Crippen LogP contribution in [0.25, 0.3) is 10.9 Å². The van der Waals surface area contributed by atoms with Gasteiger partial charge in [0.25, 0.3) is 0 Å². The number of hydrogen-bond donors (Lipinski definition) is 0. The first-order valence-electron chi connectivity index (χ1n) is 9.36. The number of pyridine rings is 1. The minimum atomic E-state index is -0.232. The lowest BCUT2D eigenvalue weighted by Crippen LogP contribution is -2.25. The van der Waals surface area contributed by atoms with Crippen molar-refractivity contribution in [3.8, 4) is 0 Å². The van der Waals surface area contributed by atoms with E-state index in [0.717, 1.165) is 16.8 Å². The van der Waals surface area contributed by atoms with Crippen molar-refractivity contribution >= 4 is 16.7 Å². The molecule has 1 aromatic heterocycles. The molecule has 3 aromatic carbocycles. The molecule has 3 nitrogen and oxygen atoms in total. The molecular weight excluding hydrogens is 346 g/mol. The van der Waals surface area contributed by atoms with Crippen molar-refractivity contribution in [2.75, 3.05) is 0 Å². The summed E-state index contributed by atoms with van der Waals surface area (Å²) in [5.41, 5.74) is 3.20. The second kappa shape index (κ2) is 7.28. The van der Waals surface area contributed by atoms with Crippen molar-refractivity contribution < 1.29 is 4.79 Å². The first-order valence-corrected chi connectivity index (χ1v) is 9.36. The van der Waals surface area contributed by atoms with Crippen LogP contribution in [0.1, 0.15) is 40.0 Å². The van der Waals surface area contributed by atoms with Gasteiger partial charge in [-0.3, -0.25) is 9.59 Å². The minimum Gasteiger partial charge on any atom is -0.346 e. The number of benzene rings is 3. The average Bonchev–Trinajstić information content (AvgIpc) is 2.76. The van der Waals surface area contributed by atoms with Gasteiger partial charge in [-0.1, -0.05) is 79.7 Å². The second-order valence-corrected chi connectivity index (χ2v) is 6.99. The van der Waals surface area contributed by atoms with Crippen molar-refractivity contribution in [3.05, 3.63) is 118 Å². The van der Waals surface area contributed by atoms with E-state index in [1.165, 1.54) is 0 Å². The van der Waals surface area contributed by atoms with Gasteiger partial charge in [0.1, 0.15) is 0 Å². The fraction of sp³-hybridized carbons (Fsp3) is 0.120. The molecule has 0 amide bonds. The lowest BCUT2D eigenvalue weighted by atomic mass is 9.89. The molecule has 28 heavy (non-hydrogen) atoms. The van der Waals surface area contributed by atoms with E-state index >= 15 is 0 Å². The third kappa shape index (κ3) is 2.95. The van der Waals surface area contributed by atoms with Crippen LogP contribution in [0.3, 0.4) is 0 Å². The predicted molar refractivity (Wildman–Crippen MR) is 113 cm³/mol. The van der Waals surface area contributed by atoms with Crippen LogP contribution in [0.15, 0.2) is 89.7 Å². The molecule has 0 aliphatic carbocycles. The zero-order valence-corrected chi connectivity index (χ0v) is 15.9. The van der Waals surface area contributed by atoms with Gasteiger partial charge in [-0.2, -0.15) is 0 Å². The number of hydrogen-bond acceptors (Lipinski definition) is 2. The average molecular weight is 367 g/mol. The number of aryl methyl sites for hydroxylation is 1. The molecule has 0 aliphatic rings. The second-order valence-electron chi connectivity index (χ2n) is 6.99. The number of fused-ring (bicyclic) bond motifs is 1. The zero-order chi connectivity index (χ0) is 19.7. The summed E-state index contributed by atoms with van der Waals surface area (Å²) in [7, 11) is 1.93. The Hall–Kier alpha value is -3.46. The summed E-state index contributed by atoms with van der Waals surface area (Å²) in [4.78, 5) is 26.8. The van der Waals surface area contributed by atoms with Gasteiger partial charge in [-0.25, -0.2) is 0 Å². The maximum absolute atomic E-state index is 13.4. The zero-order valence-electron chi connectivity index (χ0n) is 15.9. The van der Waals surface area contributed by atoms with Crippen LogP contribution in [0.4, 0.5) is 0 Å². The molecule has 0 fully saturated rings. The van der Waals surface area contributed by atoms with Crippen LogP contribution in [0.5, 0.6) is 0 Å². The number of nitrogens with zero attached hydrogens (tertiary/aromatic N) is 1. The molecule has 1 unspecified atom stereocenters. The Labute approximate surface area is 163 Å². The van der Waals surface area contributed by atoms with E-state index in [4.69, 9.17) is 0 Å². The van der Waals surface area contributed by atoms with E-state index in [1.54, 1.807) is 18.2 Å². The lowest BCUT2D eigenvalue weighted by Gasteiger charge is -2.22. The van der Waals surface area contributed by atoms with Gasteiger partial charge in [0, 0.05) is 29.6 Å². The summed E-state index contributed by atoms with van der Waals surface area (Å²) in [5.74, 6) is -0.337. The number of carbonyl (C=O) groups is 1. The van der Waals surface area contributed by atoms with Gasteiger partial charge in [-0.15, -0.1) is 0 Å². The highest BCUT2D eigenvalue weighted by Gasteiger charge is 2.26. The first kappa shape index (κ1) is 17.9. The summed E-state index contributed by atoms with van der Waals surface area (Å²) >= 11 is 0. The van der Waals surface area contributed by atoms with Crippen molar-refractivity contribution in [1.82, 2.24) is 4.57 Å². The Kier molecular flexibility index (Phi) is 4.66. The van der Waals surface area contributed by atoms with Crippen LogP contribution >= 0.6 is 0 Å². The van der Waals surface area contributed by atoms with E-state index in [0.29, 0.717) is 10.9 Å². The van der Waals surface area contributed by atoms with E-state index in [9.17, 15) is 9.59 Å². The highest BCUT2D eigenvalue weighted by atomic mass is 16.1. The molecule has 4 rings (SSSR count). The highest BCUT2D eigenvalue weighted by Crippen LogP contribution is 2.29. The molecule has 1 heterocycles. The van der Waals surface area contributed by atoms with Gasteiger partial charge in [0.2, 0.25) is 5.43 Å². The van der Waals surface area contributed by atoms with Crippen LogP contribution in [-0.4, -0.2) is 10.4 Å². The fourth-order valence-electron chi connectivity index (χ4n) is 3.87. The van der Waals surface area contributed by atoms with Gasteiger partial charge >= 0.3 is 0 Å². The van der Waals surface area contributed by atoms with Crippen molar-refractivity contribution in [1.29, 1.82) is 0 Å². The number of carbonyl (C=O) groups excluding carboxylic acids is 1. The predicted octanol–water partition coefficient (Wildman–Crippen LogP) is 4.92. The van der Waals surface area contributed by atoms with Gasteiger partial charge < -0.3 is 4.57 Å². The van der Waals surface area contributed by atoms with E-state index in [-0.39, 0.29) is 22.7 Å². The summed E-state index contributed by atoms with van der Waals surface area (Å²) < 4.78 is 1.99. The van der Waals surface area contributed by atoms with E-state index in [2.05, 4.69) is 0 Å². The number of aromatic nitrogens is 1. The van der Waals surface area contributed by atoms with Crippen LogP contribution in [-0.2, 0) is 7.05 Å². The number of para-hydroxylation sites is 1. The molecule has 0 aliphatic heterocycles. The molecule has 0 N–H and O–H groups in total. The molecule has 3 heteroatoms. The smallest absolute Gasteiger partial charge is 0.200 e. The Morgan fingerprint density at radius 2 is 1.39 bits per heavy atom. The van der Waals surface area contributed by atoms with Gasteiger partial charge in [0.15, 0.2) is 5.78 Å². The standard InChI is InChI=1S/C25H21NO2/c1-17(18-11-5-3-6-12-18)23-22(24(27)19-13-7-4-8-14-19)25(28)20-15-9-10-16-21(20)26(23)2/h3-17H,1-2H3. The Balaban J connectivity index is 2.06. The largest absolute Gasteiger partial charge is 0.346 e. The molecule has 138 valence electrons. The summed E-state index contributed by atoms with van der Waals surface area (Å²) in [5, 5.41) is 0.563. The van der Waals surface area contributed by atoms with Crippen molar-refractivity contribution in [3.63, 3.8) is 0 Å². The quantitative estimate of drug-likeness (QED) is 0.480. The fourth-order valence-corrected chi connectivity index (χ4v) is 3.87. The van der Waals surface area contributed by atoms with E-state index in [1.807, 2.05) is 85.3 Å². The molecular formula is C25H21NO2. The highest BCUT2D eigenvalue weighted by molar-refractivity contribution is 6.11. The van der Waals surface area contributed by atoms with Crippen LogP contribution in [0.2, 0.25) is 0 Å². The van der Waals surface area contributed by atoms with Gasteiger partial charge in [0.05, 0.1) is 11.1 Å². The van der Waals surface area contributed by atoms with Gasteiger partial charge in [-0.05, 0) is 17.7 Å². The minimum absolute atomic E-state index is 0.105. The van der Waals surface area contributed by atoms with Crippen molar-refractivity contribution in [2.45, 2.75) is 12.8 Å². The monoisotopic (exact) mass is 367 g/mol. The number of rotatable bonds is 4. The first-order chi connectivity index (χ1) is 13.6. The Bertz CT molecular complexity index is 1210. The topological polar surface area (TPSA) is 39.1 Å². The lowest BCUT2D eigenvalue weighted by molar-refractivity contribution is 0.103. The molecule has 0 saturated carbocycles. The summed E-state index contributed by atoms with van der Waals surface area (Å²) in [6.45, 7) is 2.04. The van der Waals surface area contributed by atoms with E-state index < -0.39 is 0 Å².